The number of nitrogens with zero attached hydrogens (tertiary/aromatic N) is 2. The van der Waals surface area contributed by atoms with E-state index in [1.807, 2.05) is 7.05 Å². The topological polar surface area (TPSA) is 91.8 Å². The van der Waals surface area contributed by atoms with E-state index in [0.717, 1.165) is 24.4 Å². The second-order valence-electron chi connectivity index (χ2n) is 4.69. The molecule has 8 heteroatoms. The Morgan fingerprint density at radius 2 is 2.35 bits per heavy atom. The number of thiazole rings is 1. The van der Waals surface area contributed by atoms with Crippen molar-refractivity contribution >= 4 is 28.2 Å². The summed E-state index contributed by atoms with van der Waals surface area (Å²) in [5.41, 5.74) is -0.188. The molecule has 0 spiro atoms. The minimum absolute atomic E-state index is 0.0340. The Hall–Kier alpha value is -1.51. The number of likely N-dealkylation sites (N-methyl/N-ethyl adjacent to an activating group) is 1. The molecule has 2 N–H and O–H groups in total. The van der Waals surface area contributed by atoms with Crippen molar-refractivity contribution < 1.29 is 19.4 Å². The van der Waals surface area contributed by atoms with Crippen LogP contribution >= 0.6 is 11.3 Å². The van der Waals surface area contributed by atoms with E-state index in [2.05, 4.69) is 15.2 Å². The molecule has 1 aliphatic rings. The van der Waals surface area contributed by atoms with Gasteiger partial charge in [0.25, 0.3) is 0 Å². The first-order valence-corrected chi connectivity index (χ1v) is 7.08. The third-order valence-electron chi connectivity index (χ3n) is 2.97. The normalized spacial score (nSPS) is 19.8. The Bertz CT molecular complexity index is 485. The molecule has 1 unspecified atom stereocenters. The number of hydrogen-bond acceptors (Lipinski definition) is 7. The van der Waals surface area contributed by atoms with E-state index in [-0.39, 0.29) is 22.5 Å². The Kier molecular flexibility index (Phi) is 4.69. The molecule has 1 atom stereocenters. The van der Waals surface area contributed by atoms with Crippen molar-refractivity contribution in [3.05, 3.63) is 10.6 Å². The molecular formula is C12H17N3O4S. The molecule has 0 amide bonds. The highest BCUT2D eigenvalue weighted by Crippen LogP contribution is 2.23. The SMILES string of the molecule is CC(=O)c1sc(NCC2CN(C)CCO2)nc1C(=O)O. The van der Waals surface area contributed by atoms with Gasteiger partial charge in [0.05, 0.1) is 12.7 Å². The van der Waals surface area contributed by atoms with Gasteiger partial charge in [0.1, 0.15) is 4.88 Å². The van der Waals surface area contributed by atoms with Crippen molar-refractivity contribution in [1.29, 1.82) is 0 Å². The molecule has 20 heavy (non-hydrogen) atoms. The van der Waals surface area contributed by atoms with Crippen LogP contribution in [0.5, 0.6) is 0 Å². The molecule has 0 aromatic carbocycles. The molecule has 0 bridgehead atoms. The van der Waals surface area contributed by atoms with Crippen LogP contribution in [0, 0.1) is 0 Å². The van der Waals surface area contributed by atoms with Gasteiger partial charge >= 0.3 is 5.97 Å². The number of carboxylic acid groups (broad SMARTS) is 1. The van der Waals surface area contributed by atoms with Gasteiger partial charge in [-0.2, -0.15) is 0 Å². The van der Waals surface area contributed by atoms with Gasteiger partial charge in [-0.05, 0) is 7.05 Å². The monoisotopic (exact) mass is 299 g/mol. The van der Waals surface area contributed by atoms with Crippen molar-refractivity contribution in [1.82, 2.24) is 9.88 Å². The minimum atomic E-state index is -1.19. The summed E-state index contributed by atoms with van der Waals surface area (Å²) in [4.78, 5) is 28.7. The largest absolute Gasteiger partial charge is 0.476 e. The summed E-state index contributed by atoms with van der Waals surface area (Å²) >= 11 is 1.06. The second-order valence-corrected chi connectivity index (χ2v) is 5.69. The Morgan fingerprint density at radius 3 is 2.90 bits per heavy atom. The molecule has 1 saturated heterocycles. The zero-order valence-corrected chi connectivity index (χ0v) is 12.2. The van der Waals surface area contributed by atoms with Gasteiger partial charge in [0.2, 0.25) is 0 Å². The summed E-state index contributed by atoms with van der Waals surface area (Å²) in [5, 5.41) is 12.5. The molecule has 2 rings (SSSR count). The van der Waals surface area contributed by atoms with Gasteiger partial charge in [-0.3, -0.25) is 4.79 Å². The van der Waals surface area contributed by atoms with E-state index in [1.54, 1.807) is 0 Å². The van der Waals surface area contributed by atoms with Crippen molar-refractivity contribution in [3.8, 4) is 0 Å². The van der Waals surface area contributed by atoms with E-state index in [4.69, 9.17) is 9.84 Å². The number of Topliss-reactive ketones (excluding diaryl/α,β-unsaturated/α-hetero) is 1. The van der Waals surface area contributed by atoms with Crippen LogP contribution in [-0.2, 0) is 4.74 Å². The lowest BCUT2D eigenvalue weighted by Gasteiger charge is -2.29. The van der Waals surface area contributed by atoms with E-state index < -0.39 is 5.97 Å². The van der Waals surface area contributed by atoms with Crippen LogP contribution in [-0.4, -0.2) is 66.1 Å². The number of carboxylic acids is 1. The van der Waals surface area contributed by atoms with Gasteiger partial charge < -0.3 is 20.1 Å². The molecule has 1 aromatic rings. The zero-order valence-electron chi connectivity index (χ0n) is 11.4. The van der Waals surface area contributed by atoms with Crippen LogP contribution in [0.15, 0.2) is 0 Å². The molecule has 7 nitrogen and oxygen atoms in total. The van der Waals surface area contributed by atoms with Gasteiger partial charge in [0.15, 0.2) is 16.6 Å². The molecule has 1 aromatic heterocycles. The highest BCUT2D eigenvalue weighted by molar-refractivity contribution is 7.17. The third kappa shape index (κ3) is 3.53. The summed E-state index contributed by atoms with van der Waals surface area (Å²) in [6.45, 7) is 4.27. The van der Waals surface area contributed by atoms with Crippen molar-refractivity contribution in [2.45, 2.75) is 13.0 Å². The number of hydrogen-bond donors (Lipinski definition) is 2. The number of carbonyl (C=O) groups is 2. The lowest BCUT2D eigenvalue weighted by Crippen LogP contribution is -2.43. The van der Waals surface area contributed by atoms with Crippen LogP contribution in [0.3, 0.4) is 0 Å². The number of ketones is 1. The lowest BCUT2D eigenvalue weighted by atomic mass is 10.3. The molecule has 0 aliphatic carbocycles. The van der Waals surface area contributed by atoms with Crippen LogP contribution < -0.4 is 5.32 Å². The Balaban J connectivity index is 2.01. The molecule has 110 valence electrons. The maximum atomic E-state index is 11.4. The predicted molar refractivity (Wildman–Crippen MR) is 74.8 cm³/mol. The molecular weight excluding hydrogens is 282 g/mol. The van der Waals surface area contributed by atoms with Crippen LogP contribution in [0.25, 0.3) is 0 Å². The van der Waals surface area contributed by atoms with Crippen LogP contribution in [0.1, 0.15) is 27.1 Å². The number of aromatic nitrogens is 1. The van der Waals surface area contributed by atoms with E-state index in [1.165, 1.54) is 6.92 Å². The van der Waals surface area contributed by atoms with E-state index in [9.17, 15) is 9.59 Å². The fourth-order valence-electron chi connectivity index (χ4n) is 1.97. The fourth-order valence-corrected chi connectivity index (χ4v) is 2.83. The second kappa shape index (κ2) is 6.29. The summed E-state index contributed by atoms with van der Waals surface area (Å²) in [6, 6.07) is 0. The Morgan fingerprint density at radius 1 is 1.60 bits per heavy atom. The third-order valence-corrected chi connectivity index (χ3v) is 4.09. The number of aromatic carboxylic acids is 1. The van der Waals surface area contributed by atoms with Crippen molar-refractivity contribution in [2.75, 3.05) is 38.6 Å². The highest BCUT2D eigenvalue weighted by Gasteiger charge is 2.22. The summed E-state index contributed by atoms with van der Waals surface area (Å²) in [5.74, 6) is -1.48. The smallest absolute Gasteiger partial charge is 0.356 e. The molecule has 2 heterocycles. The van der Waals surface area contributed by atoms with Gasteiger partial charge in [-0.25, -0.2) is 9.78 Å². The first-order valence-electron chi connectivity index (χ1n) is 6.26. The average Bonchev–Trinajstić information content (AvgIpc) is 2.81. The number of rotatable bonds is 5. The molecule has 1 aliphatic heterocycles. The first kappa shape index (κ1) is 14.9. The van der Waals surface area contributed by atoms with E-state index >= 15 is 0 Å². The van der Waals surface area contributed by atoms with E-state index in [0.29, 0.717) is 18.3 Å². The number of nitrogens with one attached hydrogen (secondary N) is 1. The standard InChI is InChI=1S/C12H17N3O4S/c1-7(16)10-9(11(17)18)14-12(20-10)13-5-8-6-15(2)3-4-19-8/h8H,3-6H2,1-2H3,(H,13,14)(H,17,18). The number of carbonyl (C=O) groups excluding carboxylic acids is 1. The minimum Gasteiger partial charge on any atom is -0.476 e. The lowest BCUT2D eigenvalue weighted by molar-refractivity contribution is -0.0117. The van der Waals surface area contributed by atoms with Crippen LogP contribution in [0.2, 0.25) is 0 Å². The first-order chi connectivity index (χ1) is 9.47. The predicted octanol–water partition coefficient (Wildman–Crippen LogP) is 0.786. The molecule has 0 radical (unpaired) electrons. The highest BCUT2D eigenvalue weighted by atomic mass is 32.1. The fraction of sp³-hybridized carbons (Fsp3) is 0.583. The number of ether oxygens (including phenoxy) is 1. The molecule has 0 saturated carbocycles. The van der Waals surface area contributed by atoms with Gasteiger partial charge in [0, 0.05) is 26.6 Å². The Labute approximate surface area is 120 Å². The zero-order chi connectivity index (χ0) is 14.7. The summed E-state index contributed by atoms with van der Waals surface area (Å²) in [7, 11) is 2.02. The average molecular weight is 299 g/mol. The quantitative estimate of drug-likeness (QED) is 0.776. The van der Waals surface area contributed by atoms with Gasteiger partial charge in [-0.1, -0.05) is 11.3 Å². The maximum Gasteiger partial charge on any atom is 0.356 e. The number of anilines is 1. The maximum absolute atomic E-state index is 11.4. The number of morpholine rings is 1. The summed E-state index contributed by atoms with van der Waals surface area (Å²) < 4.78 is 5.59. The van der Waals surface area contributed by atoms with Crippen molar-refractivity contribution in [3.63, 3.8) is 0 Å². The van der Waals surface area contributed by atoms with Gasteiger partial charge in [-0.15, -0.1) is 0 Å². The van der Waals surface area contributed by atoms with Crippen molar-refractivity contribution in [2.24, 2.45) is 0 Å². The van der Waals surface area contributed by atoms with Crippen LogP contribution in [0.4, 0.5) is 5.13 Å². The molecule has 1 fully saturated rings. The summed E-state index contributed by atoms with van der Waals surface area (Å²) in [6.07, 6.45) is 0.0340.